The van der Waals surface area contributed by atoms with E-state index in [-0.39, 0.29) is 5.78 Å². The maximum Gasteiger partial charge on any atom is 0.214 e. The summed E-state index contributed by atoms with van der Waals surface area (Å²) in [6.07, 6.45) is 1.64. The van der Waals surface area contributed by atoms with Gasteiger partial charge in [-0.3, -0.25) is 9.48 Å². The second-order valence-corrected chi connectivity index (χ2v) is 4.32. The van der Waals surface area contributed by atoms with Gasteiger partial charge in [0.05, 0.1) is 11.3 Å². The van der Waals surface area contributed by atoms with Crippen LogP contribution in [0.4, 0.5) is 5.69 Å². The standard InChI is InChI=1S/C14H15N3O2/c1-2-17-12(6-7-16-17)13(18)10-4-3-5-11-14(10)19-9-8-15-11/h3-7,15H,2,8-9H2,1H3. The number of nitrogens with one attached hydrogen (secondary N) is 1. The van der Waals surface area contributed by atoms with E-state index in [0.717, 1.165) is 12.2 Å². The number of rotatable bonds is 3. The van der Waals surface area contributed by atoms with Crippen LogP contribution in [-0.4, -0.2) is 28.7 Å². The molecule has 0 spiro atoms. The number of carbonyl (C=O) groups is 1. The number of hydrogen-bond acceptors (Lipinski definition) is 4. The Morgan fingerprint density at radius 3 is 3.21 bits per heavy atom. The van der Waals surface area contributed by atoms with Gasteiger partial charge in [0.25, 0.3) is 0 Å². The predicted molar refractivity (Wildman–Crippen MR) is 71.8 cm³/mol. The molecule has 1 aliphatic rings. The first-order chi connectivity index (χ1) is 9.31. The van der Waals surface area contributed by atoms with Gasteiger partial charge in [-0.25, -0.2) is 0 Å². The number of aryl methyl sites for hydroxylation is 1. The highest BCUT2D eigenvalue weighted by Crippen LogP contribution is 2.32. The van der Waals surface area contributed by atoms with E-state index in [1.807, 2.05) is 19.1 Å². The van der Waals surface area contributed by atoms with Gasteiger partial charge in [-0.1, -0.05) is 6.07 Å². The van der Waals surface area contributed by atoms with Crippen molar-refractivity contribution in [1.82, 2.24) is 9.78 Å². The number of aromatic nitrogens is 2. The molecular formula is C14H15N3O2. The number of para-hydroxylation sites is 1. The molecule has 0 saturated carbocycles. The van der Waals surface area contributed by atoms with Crippen molar-refractivity contribution in [3.8, 4) is 5.75 Å². The highest BCUT2D eigenvalue weighted by atomic mass is 16.5. The lowest BCUT2D eigenvalue weighted by atomic mass is 10.1. The van der Waals surface area contributed by atoms with Gasteiger partial charge in [-0.05, 0) is 25.1 Å². The Morgan fingerprint density at radius 1 is 1.47 bits per heavy atom. The number of benzene rings is 1. The lowest BCUT2D eigenvalue weighted by molar-refractivity contribution is 0.102. The van der Waals surface area contributed by atoms with E-state index in [1.165, 1.54) is 0 Å². The van der Waals surface area contributed by atoms with Crippen LogP contribution in [0.3, 0.4) is 0 Å². The van der Waals surface area contributed by atoms with Gasteiger partial charge in [0.15, 0.2) is 5.75 Å². The van der Waals surface area contributed by atoms with Crippen LogP contribution in [0, 0.1) is 0 Å². The van der Waals surface area contributed by atoms with Crippen molar-refractivity contribution in [2.45, 2.75) is 13.5 Å². The minimum Gasteiger partial charge on any atom is -0.489 e. The quantitative estimate of drug-likeness (QED) is 0.854. The van der Waals surface area contributed by atoms with E-state index < -0.39 is 0 Å². The fourth-order valence-corrected chi connectivity index (χ4v) is 2.26. The topological polar surface area (TPSA) is 56.2 Å². The molecule has 0 radical (unpaired) electrons. The van der Waals surface area contributed by atoms with Crippen molar-refractivity contribution >= 4 is 11.5 Å². The SMILES string of the molecule is CCn1nccc1C(=O)c1cccc2c1OCCN2. The second-order valence-electron chi connectivity index (χ2n) is 4.32. The highest BCUT2D eigenvalue weighted by Gasteiger charge is 2.22. The van der Waals surface area contributed by atoms with Crippen LogP contribution in [0.15, 0.2) is 30.5 Å². The summed E-state index contributed by atoms with van der Waals surface area (Å²) in [6.45, 7) is 3.96. The van der Waals surface area contributed by atoms with E-state index in [2.05, 4.69) is 10.4 Å². The lowest BCUT2D eigenvalue weighted by Crippen LogP contribution is -2.21. The molecule has 0 atom stereocenters. The Balaban J connectivity index is 2.05. The minimum absolute atomic E-state index is 0.0556. The Kier molecular flexibility index (Phi) is 2.95. The first kappa shape index (κ1) is 11.8. The molecule has 1 aromatic heterocycles. The van der Waals surface area contributed by atoms with Crippen LogP contribution < -0.4 is 10.1 Å². The number of carbonyl (C=O) groups excluding carboxylic acids is 1. The molecule has 19 heavy (non-hydrogen) atoms. The molecule has 5 heteroatoms. The van der Waals surface area contributed by atoms with E-state index in [0.29, 0.717) is 30.2 Å². The summed E-state index contributed by atoms with van der Waals surface area (Å²) in [5, 5.41) is 7.36. The van der Waals surface area contributed by atoms with E-state index in [1.54, 1.807) is 23.0 Å². The maximum atomic E-state index is 12.6. The average Bonchev–Trinajstić information content (AvgIpc) is 2.94. The Hall–Kier alpha value is -2.30. The summed E-state index contributed by atoms with van der Waals surface area (Å²) in [5.74, 6) is 0.586. The van der Waals surface area contributed by atoms with Gasteiger partial charge in [-0.2, -0.15) is 5.10 Å². The Labute approximate surface area is 111 Å². The molecule has 2 aromatic rings. The first-order valence-corrected chi connectivity index (χ1v) is 6.37. The van der Waals surface area contributed by atoms with Crippen LogP contribution in [-0.2, 0) is 6.54 Å². The Bertz CT molecular complexity index is 619. The summed E-state index contributed by atoms with van der Waals surface area (Å²) in [7, 11) is 0. The van der Waals surface area contributed by atoms with Crippen molar-refractivity contribution < 1.29 is 9.53 Å². The van der Waals surface area contributed by atoms with E-state index >= 15 is 0 Å². The molecule has 0 fully saturated rings. The van der Waals surface area contributed by atoms with Crippen molar-refractivity contribution in [2.24, 2.45) is 0 Å². The van der Waals surface area contributed by atoms with Crippen LogP contribution in [0.25, 0.3) is 0 Å². The summed E-state index contributed by atoms with van der Waals surface area (Å²) >= 11 is 0. The molecule has 0 amide bonds. The van der Waals surface area contributed by atoms with Crippen molar-refractivity contribution in [2.75, 3.05) is 18.5 Å². The molecule has 98 valence electrons. The first-order valence-electron chi connectivity index (χ1n) is 6.37. The summed E-state index contributed by atoms with van der Waals surface area (Å²) in [5.41, 5.74) is 2.05. The van der Waals surface area contributed by atoms with Crippen molar-refractivity contribution in [3.63, 3.8) is 0 Å². The Morgan fingerprint density at radius 2 is 2.37 bits per heavy atom. The van der Waals surface area contributed by atoms with Crippen molar-refractivity contribution in [1.29, 1.82) is 0 Å². The zero-order chi connectivity index (χ0) is 13.2. The molecule has 2 heterocycles. The predicted octanol–water partition coefficient (Wildman–Crippen LogP) is 1.94. The molecule has 1 aromatic carbocycles. The molecule has 0 aliphatic carbocycles. The number of ether oxygens (including phenoxy) is 1. The molecule has 0 unspecified atom stereocenters. The lowest BCUT2D eigenvalue weighted by Gasteiger charge is -2.21. The number of fused-ring (bicyclic) bond motifs is 1. The fraction of sp³-hybridized carbons (Fsp3) is 0.286. The van der Waals surface area contributed by atoms with E-state index in [9.17, 15) is 4.79 Å². The van der Waals surface area contributed by atoms with E-state index in [4.69, 9.17) is 4.74 Å². The minimum atomic E-state index is -0.0556. The number of hydrogen-bond donors (Lipinski definition) is 1. The average molecular weight is 257 g/mol. The third-order valence-electron chi connectivity index (χ3n) is 3.17. The van der Waals surface area contributed by atoms with Gasteiger partial charge < -0.3 is 10.1 Å². The van der Waals surface area contributed by atoms with Gasteiger partial charge in [0.2, 0.25) is 5.78 Å². The summed E-state index contributed by atoms with van der Waals surface area (Å²) in [4.78, 5) is 12.6. The number of anilines is 1. The highest BCUT2D eigenvalue weighted by molar-refractivity contribution is 6.10. The molecule has 3 rings (SSSR count). The van der Waals surface area contributed by atoms with Crippen molar-refractivity contribution in [3.05, 3.63) is 41.7 Å². The zero-order valence-corrected chi connectivity index (χ0v) is 10.7. The molecule has 5 nitrogen and oxygen atoms in total. The monoisotopic (exact) mass is 257 g/mol. The van der Waals surface area contributed by atoms with Gasteiger partial charge >= 0.3 is 0 Å². The molecule has 0 bridgehead atoms. The summed E-state index contributed by atoms with van der Waals surface area (Å²) in [6, 6.07) is 7.31. The summed E-state index contributed by atoms with van der Waals surface area (Å²) < 4.78 is 7.33. The zero-order valence-electron chi connectivity index (χ0n) is 10.7. The second kappa shape index (κ2) is 4.76. The fourth-order valence-electron chi connectivity index (χ4n) is 2.26. The molecular weight excluding hydrogens is 242 g/mol. The van der Waals surface area contributed by atoms with Gasteiger partial charge in [0.1, 0.15) is 12.3 Å². The smallest absolute Gasteiger partial charge is 0.214 e. The molecule has 1 aliphatic heterocycles. The largest absolute Gasteiger partial charge is 0.489 e. The third-order valence-corrected chi connectivity index (χ3v) is 3.17. The third kappa shape index (κ3) is 1.97. The van der Waals surface area contributed by atoms with Crippen LogP contribution in [0.2, 0.25) is 0 Å². The van der Waals surface area contributed by atoms with Gasteiger partial charge in [-0.15, -0.1) is 0 Å². The van der Waals surface area contributed by atoms with Gasteiger partial charge in [0, 0.05) is 19.3 Å². The number of nitrogens with zero attached hydrogens (tertiary/aromatic N) is 2. The van der Waals surface area contributed by atoms with Crippen LogP contribution >= 0.6 is 0 Å². The number of ketones is 1. The molecule has 1 N–H and O–H groups in total. The molecule has 0 saturated heterocycles. The van der Waals surface area contributed by atoms with Crippen LogP contribution in [0.5, 0.6) is 5.75 Å². The van der Waals surface area contributed by atoms with Crippen LogP contribution in [0.1, 0.15) is 23.0 Å². The maximum absolute atomic E-state index is 12.6. The normalized spacial score (nSPS) is 13.3.